The van der Waals surface area contributed by atoms with Gasteiger partial charge in [0, 0.05) is 23.8 Å². The van der Waals surface area contributed by atoms with Crippen LogP contribution in [-0.4, -0.2) is 15.5 Å². The third-order valence-corrected chi connectivity index (χ3v) is 3.25. The Morgan fingerprint density at radius 2 is 2.11 bits per heavy atom. The maximum Gasteiger partial charge on any atom is 0.222 e. The van der Waals surface area contributed by atoms with Gasteiger partial charge in [0.25, 0.3) is 0 Å². The molecule has 1 aromatic heterocycles. The van der Waals surface area contributed by atoms with Crippen molar-refractivity contribution in [3.63, 3.8) is 0 Å². The second kappa shape index (κ2) is 4.78. The van der Waals surface area contributed by atoms with E-state index in [1.165, 1.54) is 0 Å². The number of carbonyl (C=O) groups excluding carboxylic acids is 1. The maximum absolute atomic E-state index is 11.1. The molecule has 0 saturated carbocycles. The minimum absolute atomic E-state index is 0.214. The highest BCUT2D eigenvalue weighted by molar-refractivity contribution is 7.80. The molecule has 0 radical (unpaired) electrons. The molecule has 1 amide bonds. The molecule has 1 atom stereocenters. The first-order chi connectivity index (χ1) is 8.49. The van der Waals surface area contributed by atoms with Crippen molar-refractivity contribution in [1.29, 1.82) is 0 Å². The molecule has 0 spiro atoms. The Hall–Kier alpha value is -1.88. The summed E-state index contributed by atoms with van der Waals surface area (Å²) in [7, 11) is 0. The van der Waals surface area contributed by atoms with Crippen LogP contribution in [0.25, 0.3) is 10.9 Å². The molecule has 2 aromatic rings. The number of nitrogens with two attached hydrogens (primary N) is 2. The van der Waals surface area contributed by atoms with Gasteiger partial charge in [0.05, 0.1) is 5.92 Å². The van der Waals surface area contributed by atoms with Gasteiger partial charge in [-0.3, -0.25) is 4.79 Å². The van der Waals surface area contributed by atoms with Crippen molar-refractivity contribution >= 4 is 34.0 Å². The normalized spacial score (nSPS) is 12.5. The number of carbonyl (C=O) groups is 1. The zero-order valence-corrected chi connectivity index (χ0v) is 10.9. The number of hydrogen-bond donors (Lipinski definition) is 2. The van der Waals surface area contributed by atoms with E-state index in [-0.39, 0.29) is 11.8 Å². The van der Waals surface area contributed by atoms with Crippen LogP contribution in [0.4, 0.5) is 0 Å². The van der Waals surface area contributed by atoms with Crippen LogP contribution in [0.5, 0.6) is 0 Å². The quantitative estimate of drug-likeness (QED) is 0.817. The zero-order chi connectivity index (χ0) is 13.3. The fourth-order valence-electron chi connectivity index (χ4n) is 1.88. The lowest BCUT2D eigenvalue weighted by Gasteiger charge is -2.10. The lowest BCUT2D eigenvalue weighted by molar-refractivity contribution is -0.121. The molecule has 5 heteroatoms. The number of hydrogen-bond acceptors (Lipinski definition) is 2. The van der Waals surface area contributed by atoms with E-state index in [1.807, 2.05) is 42.0 Å². The first-order valence-electron chi connectivity index (χ1n) is 5.67. The smallest absolute Gasteiger partial charge is 0.222 e. The molecular weight excluding hydrogens is 246 g/mol. The Kier molecular flexibility index (Phi) is 3.34. The first-order valence-corrected chi connectivity index (χ1v) is 6.08. The molecular formula is C13H15N3OS. The first kappa shape index (κ1) is 12.6. The fraction of sp³-hybridized carbons (Fsp3) is 0.231. The largest absolute Gasteiger partial charge is 0.389 e. The molecule has 1 heterocycles. The molecule has 0 fully saturated rings. The number of primary amides is 1. The van der Waals surface area contributed by atoms with Gasteiger partial charge in [-0.15, -0.1) is 0 Å². The Labute approximate surface area is 111 Å². The molecule has 4 nitrogen and oxygen atoms in total. The molecule has 0 saturated heterocycles. The van der Waals surface area contributed by atoms with Crippen LogP contribution < -0.4 is 11.5 Å². The second-order valence-electron chi connectivity index (χ2n) is 4.41. The topological polar surface area (TPSA) is 74.0 Å². The summed E-state index contributed by atoms with van der Waals surface area (Å²) in [6.45, 7) is 2.37. The summed E-state index contributed by atoms with van der Waals surface area (Å²) in [5, 5.41) is 1.09. The minimum Gasteiger partial charge on any atom is -0.389 e. The summed E-state index contributed by atoms with van der Waals surface area (Å²) in [5.41, 5.74) is 12.7. The van der Waals surface area contributed by atoms with Crippen molar-refractivity contribution in [2.75, 3.05) is 0 Å². The van der Waals surface area contributed by atoms with E-state index in [0.29, 0.717) is 11.5 Å². The molecule has 2 rings (SSSR count). The van der Waals surface area contributed by atoms with Crippen molar-refractivity contribution in [1.82, 2.24) is 4.57 Å². The lowest BCUT2D eigenvalue weighted by atomic mass is 10.1. The van der Waals surface area contributed by atoms with Crippen molar-refractivity contribution in [3.05, 3.63) is 36.0 Å². The van der Waals surface area contributed by atoms with Gasteiger partial charge in [-0.1, -0.05) is 31.3 Å². The number of aromatic nitrogens is 1. The standard InChI is InChI=1S/C13H15N3OS/c1-8(12(14)17)7-16-5-4-9-2-3-10(13(15)18)6-11(9)16/h2-6,8H,7H2,1H3,(H2,14,17)(H2,15,18). The highest BCUT2D eigenvalue weighted by Gasteiger charge is 2.11. The second-order valence-corrected chi connectivity index (χ2v) is 4.85. The molecule has 0 aliphatic heterocycles. The third kappa shape index (κ3) is 2.36. The van der Waals surface area contributed by atoms with Gasteiger partial charge in [-0.05, 0) is 17.5 Å². The number of benzene rings is 1. The summed E-state index contributed by atoms with van der Waals surface area (Å²) in [6, 6.07) is 7.79. The Morgan fingerprint density at radius 1 is 1.39 bits per heavy atom. The molecule has 1 unspecified atom stereocenters. The van der Waals surface area contributed by atoms with E-state index in [9.17, 15) is 4.79 Å². The third-order valence-electron chi connectivity index (χ3n) is 3.01. The van der Waals surface area contributed by atoms with Gasteiger partial charge in [0.15, 0.2) is 0 Å². The van der Waals surface area contributed by atoms with Crippen molar-refractivity contribution in [2.45, 2.75) is 13.5 Å². The van der Waals surface area contributed by atoms with Gasteiger partial charge in [-0.2, -0.15) is 0 Å². The van der Waals surface area contributed by atoms with Crippen LogP contribution in [0, 0.1) is 5.92 Å². The Bertz CT molecular complexity index is 618. The van der Waals surface area contributed by atoms with E-state index in [4.69, 9.17) is 23.7 Å². The summed E-state index contributed by atoms with van der Waals surface area (Å²) in [4.78, 5) is 11.5. The maximum atomic E-state index is 11.1. The highest BCUT2D eigenvalue weighted by atomic mass is 32.1. The number of amides is 1. The molecule has 94 valence electrons. The fourth-order valence-corrected chi connectivity index (χ4v) is 2.01. The summed E-state index contributed by atoms with van der Waals surface area (Å²) in [6.07, 6.45) is 1.94. The van der Waals surface area contributed by atoms with Crippen LogP contribution in [0.2, 0.25) is 0 Å². The zero-order valence-electron chi connectivity index (χ0n) is 10.1. The number of thiocarbonyl (C=S) groups is 1. The van der Waals surface area contributed by atoms with Gasteiger partial charge >= 0.3 is 0 Å². The van der Waals surface area contributed by atoms with E-state index in [1.54, 1.807) is 0 Å². The SMILES string of the molecule is CC(Cn1ccc2ccc(C(N)=S)cc21)C(N)=O. The predicted molar refractivity (Wildman–Crippen MR) is 76.2 cm³/mol. The molecule has 4 N–H and O–H groups in total. The molecule has 1 aromatic carbocycles. The van der Waals surface area contributed by atoms with Gasteiger partial charge in [-0.25, -0.2) is 0 Å². The number of fused-ring (bicyclic) bond motifs is 1. The number of rotatable bonds is 4. The average molecular weight is 261 g/mol. The van der Waals surface area contributed by atoms with Crippen molar-refractivity contribution < 1.29 is 4.79 Å². The van der Waals surface area contributed by atoms with Crippen molar-refractivity contribution in [3.8, 4) is 0 Å². The Morgan fingerprint density at radius 3 is 2.72 bits per heavy atom. The van der Waals surface area contributed by atoms with E-state index >= 15 is 0 Å². The van der Waals surface area contributed by atoms with Crippen LogP contribution in [0.1, 0.15) is 12.5 Å². The van der Waals surface area contributed by atoms with E-state index < -0.39 is 0 Å². The Balaban J connectivity index is 2.42. The van der Waals surface area contributed by atoms with Crippen LogP contribution in [0.15, 0.2) is 30.5 Å². The molecule has 0 aliphatic rings. The lowest BCUT2D eigenvalue weighted by Crippen LogP contribution is -2.24. The minimum atomic E-state index is -0.303. The molecule has 0 aliphatic carbocycles. The van der Waals surface area contributed by atoms with E-state index in [0.717, 1.165) is 16.5 Å². The van der Waals surface area contributed by atoms with Gasteiger partial charge < -0.3 is 16.0 Å². The predicted octanol–water partition coefficient (Wildman–Crippen LogP) is 1.40. The van der Waals surface area contributed by atoms with E-state index in [2.05, 4.69) is 0 Å². The summed E-state index contributed by atoms with van der Waals surface area (Å²) >= 11 is 4.97. The number of nitrogens with zero attached hydrogens (tertiary/aromatic N) is 1. The van der Waals surface area contributed by atoms with Crippen LogP contribution >= 0.6 is 12.2 Å². The molecule has 0 bridgehead atoms. The van der Waals surface area contributed by atoms with Gasteiger partial charge in [0.1, 0.15) is 4.99 Å². The highest BCUT2D eigenvalue weighted by Crippen LogP contribution is 2.19. The summed E-state index contributed by atoms with van der Waals surface area (Å²) < 4.78 is 1.99. The van der Waals surface area contributed by atoms with Crippen LogP contribution in [0.3, 0.4) is 0 Å². The average Bonchev–Trinajstić information content (AvgIpc) is 2.71. The van der Waals surface area contributed by atoms with Crippen molar-refractivity contribution in [2.24, 2.45) is 17.4 Å². The monoisotopic (exact) mass is 261 g/mol. The molecule has 18 heavy (non-hydrogen) atoms. The van der Waals surface area contributed by atoms with Crippen LogP contribution in [-0.2, 0) is 11.3 Å². The van der Waals surface area contributed by atoms with Gasteiger partial charge in [0.2, 0.25) is 5.91 Å². The summed E-state index contributed by atoms with van der Waals surface area (Å²) in [5.74, 6) is -0.517.